The van der Waals surface area contributed by atoms with Crippen LogP contribution in [-0.2, 0) is 11.2 Å². The molecule has 1 atom stereocenters. The molecule has 126 valence electrons. The standard InChI is InChI=1S/C20H25N3O/c24-19(20(9-5-10-20)14-16-6-2-1-3-7-16)23-13-4-8-17(15-23)18-21-11-12-22-18/h1-3,6-7,11-12,17H,4-5,8-10,13-15H2,(H,21,22)/t17-/m1/s1. The smallest absolute Gasteiger partial charge is 0.229 e. The average Bonchev–Trinajstić information content (AvgIpc) is 3.13. The Morgan fingerprint density at radius 3 is 2.75 bits per heavy atom. The molecule has 0 bridgehead atoms. The second-order valence-corrected chi connectivity index (χ2v) is 7.36. The number of piperidine rings is 1. The number of amides is 1. The van der Waals surface area contributed by atoms with Crippen LogP contribution in [-0.4, -0.2) is 33.9 Å². The van der Waals surface area contributed by atoms with Gasteiger partial charge in [0.15, 0.2) is 0 Å². The van der Waals surface area contributed by atoms with Crippen LogP contribution in [0.1, 0.15) is 49.4 Å². The molecule has 1 aliphatic carbocycles. The Balaban J connectivity index is 1.49. The predicted octanol–water partition coefficient (Wildman–Crippen LogP) is 3.53. The highest BCUT2D eigenvalue weighted by Crippen LogP contribution is 2.46. The molecule has 1 aromatic carbocycles. The fourth-order valence-corrected chi connectivity index (χ4v) is 4.28. The number of nitrogens with one attached hydrogen (secondary N) is 1. The van der Waals surface area contributed by atoms with E-state index in [0.717, 1.165) is 51.0 Å². The van der Waals surface area contributed by atoms with Crippen molar-refractivity contribution in [2.75, 3.05) is 13.1 Å². The molecular weight excluding hydrogens is 298 g/mol. The van der Waals surface area contributed by atoms with Gasteiger partial charge in [-0.05, 0) is 37.7 Å². The molecule has 2 aliphatic rings. The Hall–Kier alpha value is -2.10. The summed E-state index contributed by atoms with van der Waals surface area (Å²) >= 11 is 0. The molecular formula is C20H25N3O. The molecule has 1 saturated carbocycles. The zero-order valence-electron chi connectivity index (χ0n) is 14.1. The first-order valence-electron chi connectivity index (χ1n) is 9.09. The molecule has 0 spiro atoms. The van der Waals surface area contributed by atoms with E-state index in [4.69, 9.17) is 0 Å². The van der Waals surface area contributed by atoms with Gasteiger partial charge in [-0.1, -0.05) is 36.8 Å². The maximum absolute atomic E-state index is 13.3. The van der Waals surface area contributed by atoms with Crippen LogP contribution < -0.4 is 0 Å². The molecule has 4 heteroatoms. The number of aromatic amines is 1. The highest BCUT2D eigenvalue weighted by atomic mass is 16.2. The minimum atomic E-state index is -0.160. The second kappa shape index (κ2) is 6.42. The predicted molar refractivity (Wildman–Crippen MR) is 93.6 cm³/mol. The third kappa shape index (κ3) is 2.85. The maximum Gasteiger partial charge on any atom is 0.229 e. The lowest BCUT2D eigenvalue weighted by Gasteiger charge is -2.45. The minimum absolute atomic E-state index is 0.160. The number of nitrogens with zero attached hydrogens (tertiary/aromatic N) is 2. The van der Waals surface area contributed by atoms with Crippen LogP contribution in [0, 0.1) is 5.41 Å². The first-order valence-corrected chi connectivity index (χ1v) is 9.09. The van der Waals surface area contributed by atoms with Gasteiger partial charge in [-0.3, -0.25) is 4.79 Å². The van der Waals surface area contributed by atoms with Crippen molar-refractivity contribution in [3.8, 4) is 0 Å². The van der Waals surface area contributed by atoms with Crippen LogP contribution in [0.25, 0.3) is 0 Å². The second-order valence-electron chi connectivity index (χ2n) is 7.36. The number of rotatable bonds is 4. The lowest BCUT2D eigenvalue weighted by molar-refractivity contribution is -0.148. The molecule has 24 heavy (non-hydrogen) atoms. The van der Waals surface area contributed by atoms with Crippen LogP contribution >= 0.6 is 0 Å². The first-order chi connectivity index (χ1) is 11.8. The highest BCUT2D eigenvalue weighted by Gasteiger charge is 2.46. The Kier molecular flexibility index (Phi) is 4.13. The number of hydrogen-bond donors (Lipinski definition) is 1. The zero-order chi connectivity index (χ0) is 16.4. The summed E-state index contributed by atoms with van der Waals surface area (Å²) < 4.78 is 0. The van der Waals surface area contributed by atoms with Crippen LogP contribution in [0.2, 0.25) is 0 Å². The monoisotopic (exact) mass is 323 g/mol. The first kappa shape index (κ1) is 15.4. The van der Waals surface area contributed by atoms with Crippen molar-refractivity contribution in [1.29, 1.82) is 0 Å². The molecule has 4 nitrogen and oxygen atoms in total. The summed E-state index contributed by atoms with van der Waals surface area (Å²) in [6, 6.07) is 10.5. The van der Waals surface area contributed by atoms with Crippen molar-refractivity contribution < 1.29 is 4.79 Å². The topological polar surface area (TPSA) is 49.0 Å². The summed E-state index contributed by atoms with van der Waals surface area (Å²) in [6.45, 7) is 1.70. The maximum atomic E-state index is 13.3. The molecule has 0 radical (unpaired) electrons. The number of likely N-dealkylation sites (tertiary alicyclic amines) is 1. The fraction of sp³-hybridized carbons (Fsp3) is 0.500. The SMILES string of the molecule is O=C(N1CCC[C@@H](c2ncc[nH]2)C1)C1(Cc2ccccc2)CCC1. The number of imidazole rings is 1. The quantitative estimate of drug-likeness (QED) is 0.936. The van der Waals surface area contributed by atoms with Gasteiger partial charge in [-0.15, -0.1) is 0 Å². The molecule has 1 N–H and O–H groups in total. The van der Waals surface area contributed by atoms with E-state index in [0.29, 0.717) is 11.8 Å². The molecule has 1 saturated heterocycles. The number of hydrogen-bond acceptors (Lipinski definition) is 2. The largest absolute Gasteiger partial charge is 0.348 e. The molecule has 1 amide bonds. The normalized spacial score (nSPS) is 22.8. The number of carbonyl (C=O) groups excluding carboxylic acids is 1. The minimum Gasteiger partial charge on any atom is -0.348 e. The van der Waals surface area contributed by atoms with Crippen molar-refractivity contribution in [1.82, 2.24) is 14.9 Å². The van der Waals surface area contributed by atoms with Gasteiger partial charge in [0.1, 0.15) is 5.82 Å². The number of carbonyl (C=O) groups is 1. The van der Waals surface area contributed by atoms with Crippen molar-refractivity contribution >= 4 is 5.91 Å². The Morgan fingerprint density at radius 2 is 2.08 bits per heavy atom. The van der Waals surface area contributed by atoms with Crippen molar-refractivity contribution in [3.05, 3.63) is 54.1 Å². The van der Waals surface area contributed by atoms with E-state index in [1.165, 1.54) is 12.0 Å². The number of H-pyrrole nitrogens is 1. The molecule has 2 aromatic rings. The van der Waals surface area contributed by atoms with E-state index in [1.54, 1.807) is 6.20 Å². The molecule has 1 aliphatic heterocycles. The Bertz CT molecular complexity index is 676. The summed E-state index contributed by atoms with van der Waals surface area (Å²) in [7, 11) is 0. The van der Waals surface area contributed by atoms with Crippen LogP contribution in [0.5, 0.6) is 0 Å². The molecule has 1 aromatic heterocycles. The lowest BCUT2D eigenvalue weighted by Crippen LogP contribution is -2.51. The van der Waals surface area contributed by atoms with E-state index in [1.807, 2.05) is 12.3 Å². The van der Waals surface area contributed by atoms with Gasteiger partial charge in [-0.2, -0.15) is 0 Å². The van der Waals surface area contributed by atoms with Gasteiger partial charge in [0.05, 0.1) is 5.41 Å². The third-order valence-corrected chi connectivity index (χ3v) is 5.76. The van der Waals surface area contributed by atoms with Crippen molar-refractivity contribution in [2.45, 2.75) is 44.4 Å². The van der Waals surface area contributed by atoms with E-state index in [2.05, 4.69) is 39.1 Å². The van der Waals surface area contributed by atoms with Gasteiger partial charge in [0, 0.05) is 31.4 Å². The summed E-state index contributed by atoms with van der Waals surface area (Å²) in [5.41, 5.74) is 1.12. The van der Waals surface area contributed by atoms with Gasteiger partial charge in [0.2, 0.25) is 5.91 Å². The number of benzene rings is 1. The van der Waals surface area contributed by atoms with E-state index >= 15 is 0 Å². The fourth-order valence-electron chi connectivity index (χ4n) is 4.28. The molecule has 2 heterocycles. The third-order valence-electron chi connectivity index (χ3n) is 5.76. The van der Waals surface area contributed by atoms with Crippen LogP contribution in [0.3, 0.4) is 0 Å². The zero-order valence-corrected chi connectivity index (χ0v) is 14.1. The highest BCUT2D eigenvalue weighted by molar-refractivity contribution is 5.84. The van der Waals surface area contributed by atoms with Gasteiger partial charge in [-0.25, -0.2) is 4.98 Å². The van der Waals surface area contributed by atoms with Crippen LogP contribution in [0.15, 0.2) is 42.7 Å². The number of aromatic nitrogens is 2. The summed E-state index contributed by atoms with van der Waals surface area (Å²) in [5.74, 6) is 1.75. The summed E-state index contributed by atoms with van der Waals surface area (Å²) in [5, 5.41) is 0. The Morgan fingerprint density at radius 1 is 1.25 bits per heavy atom. The Labute approximate surface area is 143 Å². The van der Waals surface area contributed by atoms with Gasteiger partial charge < -0.3 is 9.88 Å². The van der Waals surface area contributed by atoms with Gasteiger partial charge >= 0.3 is 0 Å². The van der Waals surface area contributed by atoms with E-state index in [-0.39, 0.29) is 5.41 Å². The molecule has 2 fully saturated rings. The van der Waals surface area contributed by atoms with E-state index in [9.17, 15) is 4.79 Å². The lowest BCUT2D eigenvalue weighted by atomic mass is 9.64. The van der Waals surface area contributed by atoms with Crippen molar-refractivity contribution in [2.24, 2.45) is 5.41 Å². The molecule has 4 rings (SSSR count). The van der Waals surface area contributed by atoms with Crippen LogP contribution in [0.4, 0.5) is 0 Å². The van der Waals surface area contributed by atoms with E-state index < -0.39 is 0 Å². The molecule has 0 unspecified atom stereocenters. The summed E-state index contributed by atoms with van der Waals surface area (Å²) in [4.78, 5) is 23.1. The average molecular weight is 323 g/mol. The summed E-state index contributed by atoms with van der Waals surface area (Å²) in [6.07, 6.45) is 9.98. The van der Waals surface area contributed by atoms with Gasteiger partial charge in [0.25, 0.3) is 0 Å². The van der Waals surface area contributed by atoms with Crippen molar-refractivity contribution in [3.63, 3.8) is 0 Å².